The number of hydrogen-bond donors (Lipinski definition) is 3. The van der Waals surface area contributed by atoms with Gasteiger partial charge in [0.25, 0.3) is 0 Å². The predicted molar refractivity (Wildman–Crippen MR) is 86.6 cm³/mol. The van der Waals surface area contributed by atoms with Gasteiger partial charge in [0.2, 0.25) is 5.82 Å². The summed E-state index contributed by atoms with van der Waals surface area (Å²) in [5.41, 5.74) is 8.93. The molecule has 0 aliphatic heterocycles. The van der Waals surface area contributed by atoms with E-state index in [2.05, 4.69) is 20.6 Å². The van der Waals surface area contributed by atoms with Crippen molar-refractivity contribution in [1.29, 1.82) is 0 Å². The van der Waals surface area contributed by atoms with Crippen LogP contribution in [0.15, 0.2) is 18.2 Å². The van der Waals surface area contributed by atoms with Crippen LogP contribution in [0, 0.1) is 6.92 Å². The second-order valence-corrected chi connectivity index (χ2v) is 7.01. The van der Waals surface area contributed by atoms with Crippen molar-refractivity contribution in [1.82, 2.24) is 20.6 Å². The fourth-order valence-corrected chi connectivity index (χ4v) is 2.47. The standard InChI is InChI=1S/C13H18N6OS/c1-3-21(15,20)8-11(13-16-18-19-17-13)7-10-4-5-12(14)9(2)6-10/h4-8H,3,14H2,1-2H3,(H2,15,20)(H,16,17,18,19)/b11-7-. The minimum absolute atomic E-state index is 0.336. The van der Waals surface area contributed by atoms with Crippen LogP contribution in [-0.2, 0) is 9.71 Å². The second kappa shape index (κ2) is 6.06. The molecule has 0 aliphatic carbocycles. The van der Waals surface area contributed by atoms with Gasteiger partial charge in [-0.15, -0.1) is 10.2 Å². The molecule has 1 unspecified atom stereocenters. The number of tetrazole rings is 1. The maximum Gasteiger partial charge on any atom is 0.205 e. The van der Waals surface area contributed by atoms with Gasteiger partial charge in [-0.25, -0.2) is 0 Å². The number of anilines is 1. The maximum absolute atomic E-state index is 12.1. The molecule has 112 valence electrons. The number of nitrogens with two attached hydrogens (primary N) is 2. The van der Waals surface area contributed by atoms with Gasteiger partial charge in [0.1, 0.15) is 0 Å². The number of allylic oxidation sites excluding steroid dienone is 1. The average Bonchev–Trinajstić information content (AvgIpc) is 2.96. The number of H-pyrrole nitrogens is 1. The van der Waals surface area contributed by atoms with Crippen molar-refractivity contribution < 1.29 is 4.21 Å². The van der Waals surface area contributed by atoms with E-state index in [1.54, 1.807) is 13.0 Å². The van der Waals surface area contributed by atoms with Crippen LogP contribution in [0.25, 0.3) is 11.6 Å². The number of benzene rings is 1. The molecule has 1 heterocycles. The molecule has 1 aromatic carbocycles. The number of aryl methyl sites for hydroxylation is 1. The monoisotopic (exact) mass is 306 g/mol. The van der Waals surface area contributed by atoms with E-state index in [1.807, 2.05) is 25.1 Å². The largest absolute Gasteiger partial charge is 0.399 e. The summed E-state index contributed by atoms with van der Waals surface area (Å²) in [5.74, 6) is 0.680. The van der Waals surface area contributed by atoms with E-state index in [-0.39, 0.29) is 0 Å². The van der Waals surface area contributed by atoms with Gasteiger partial charge in [0.15, 0.2) is 0 Å². The quantitative estimate of drug-likeness (QED) is 0.434. The number of aromatic amines is 1. The molecule has 2 rings (SSSR count). The maximum atomic E-state index is 12.1. The van der Waals surface area contributed by atoms with E-state index in [4.69, 9.17) is 10.9 Å². The Balaban J connectivity index is 2.54. The molecule has 0 spiro atoms. The zero-order valence-corrected chi connectivity index (χ0v) is 12.7. The van der Waals surface area contributed by atoms with Crippen LogP contribution >= 0.6 is 0 Å². The molecule has 0 fully saturated rings. The van der Waals surface area contributed by atoms with E-state index >= 15 is 0 Å². The average molecular weight is 306 g/mol. The summed E-state index contributed by atoms with van der Waals surface area (Å²) in [6.07, 6.45) is 1.81. The lowest BCUT2D eigenvalue weighted by Crippen LogP contribution is -2.18. The van der Waals surface area contributed by atoms with E-state index in [1.165, 1.54) is 5.37 Å². The second-order valence-electron chi connectivity index (χ2n) is 4.64. The number of hydrogen-bond acceptors (Lipinski definition) is 5. The first-order valence-electron chi connectivity index (χ1n) is 6.37. The first-order chi connectivity index (χ1) is 9.91. The lowest BCUT2D eigenvalue weighted by molar-refractivity contribution is 0.683. The van der Waals surface area contributed by atoms with Gasteiger partial charge in [0, 0.05) is 32.1 Å². The molecule has 1 atom stereocenters. The molecule has 0 saturated heterocycles. The fourth-order valence-electron chi connectivity index (χ4n) is 1.70. The number of nitrogen functional groups attached to an aromatic ring is 1. The lowest BCUT2D eigenvalue weighted by atomic mass is 10.1. The smallest absolute Gasteiger partial charge is 0.205 e. The van der Waals surface area contributed by atoms with Crippen LogP contribution < -0.4 is 10.9 Å². The summed E-state index contributed by atoms with van der Waals surface area (Å²) >= 11 is 0. The van der Waals surface area contributed by atoms with Crippen molar-refractivity contribution in [2.24, 2.45) is 5.14 Å². The van der Waals surface area contributed by atoms with Crippen LogP contribution in [0.2, 0.25) is 0 Å². The third-order valence-corrected chi connectivity index (χ3v) is 4.55. The van der Waals surface area contributed by atoms with Gasteiger partial charge in [-0.3, -0.25) is 9.35 Å². The van der Waals surface area contributed by atoms with E-state index < -0.39 is 9.71 Å². The Bertz CT molecular complexity index is 772. The van der Waals surface area contributed by atoms with Crippen LogP contribution in [0.5, 0.6) is 0 Å². The van der Waals surface area contributed by atoms with Gasteiger partial charge >= 0.3 is 0 Å². The van der Waals surface area contributed by atoms with Crippen LogP contribution in [-0.4, -0.2) is 36.0 Å². The SMILES string of the molecule is CCS(N)(=O)=C/C(=C/c1ccc(N)c(C)c1)c1nn[nH]n1. The Morgan fingerprint density at radius 3 is 2.81 bits per heavy atom. The van der Waals surface area contributed by atoms with Gasteiger partial charge in [-0.2, -0.15) is 5.21 Å². The third kappa shape index (κ3) is 3.89. The minimum atomic E-state index is -2.57. The van der Waals surface area contributed by atoms with Crippen LogP contribution in [0.4, 0.5) is 5.69 Å². The van der Waals surface area contributed by atoms with Gasteiger partial charge in [-0.05, 0) is 41.5 Å². The summed E-state index contributed by atoms with van der Waals surface area (Å²) in [6, 6.07) is 5.60. The molecule has 5 N–H and O–H groups in total. The molecular weight excluding hydrogens is 288 g/mol. The van der Waals surface area contributed by atoms with Crippen molar-refractivity contribution in [3.63, 3.8) is 0 Å². The van der Waals surface area contributed by atoms with Crippen molar-refractivity contribution >= 4 is 32.4 Å². The molecule has 8 heteroatoms. The summed E-state index contributed by atoms with van der Waals surface area (Å²) in [6.45, 7) is 3.68. The number of nitrogens with zero attached hydrogens (tertiary/aromatic N) is 3. The highest BCUT2D eigenvalue weighted by molar-refractivity contribution is 7.99. The van der Waals surface area contributed by atoms with Gasteiger partial charge < -0.3 is 5.73 Å². The summed E-state index contributed by atoms with van der Waals surface area (Å²) in [4.78, 5) is 0. The van der Waals surface area contributed by atoms with Crippen molar-refractivity contribution in [2.75, 3.05) is 11.5 Å². The Kier molecular flexibility index (Phi) is 4.39. The molecule has 0 aliphatic rings. The fraction of sp³-hybridized carbons (Fsp3) is 0.231. The Hall–Kier alpha value is -2.19. The van der Waals surface area contributed by atoms with E-state index in [0.717, 1.165) is 11.1 Å². The summed E-state index contributed by atoms with van der Waals surface area (Å²) in [5, 5.41) is 21.0. The third-order valence-electron chi connectivity index (χ3n) is 3.00. The minimum Gasteiger partial charge on any atom is -0.399 e. The molecule has 2 aromatic rings. The zero-order chi connectivity index (χ0) is 15.5. The number of nitrogens with one attached hydrogen (secondary N) is 1. The first kappa shape index (κ1) is 15.2. The predicted octanol–water partition coefficient (Wildman–Crippen LogP) is 0.611. The number of rotatable bonds is 4. The van der Waals surface area contributed by atoms with Crippen LogP contribution in [0.3, 0.4) is 0 Å². The molecule has 21 heavy (non-hydrogen) atoms. The molecular formula is C13H18N6OS. The summed E-state index contributed by atoms with van der Waals surface area (Å²) in [7, 11) is -2.57. The highest BCUT2D eigenvalue weighted by Crippen LogP contribution is 2.17. The molecule has 0 saturated carbocycles. The van der Waals surface area contributed by atoms with E-state index in [0.29, 0.717) is 22.8 Å². The van der Waals surface area contributed by atoms with Gasteiger partial charge in [0.05, 0.1) is 0 Å². The first-order valence-corrected chi connectivity index (χ1v) is 8.22. The number of aromatic nitrogens is 4. The topological polar surface area (TPSA) is 124 Å². The molecule has 0 radical (unpaired) electrons. The normalized spacial score (nSPS) is 14.7. The zero-order valence-electron chi connectivity index (χ0n) is 11.9. The summed E-state index contributed by atoms with van der Waals surface area (Å²) < 4.78 is 12.1. The highest BCUT2D eigenvalue weighted by Gasteiger charge is 2.08. The molecule has 1 aromatic heterocycles. The highest BCUT2D eigenvalue weighted by atomic mass is 32.2. The Morgan fingerprint density at radius 2 is 2.24 bits per heavy atom. The van der Waals surface area contributed by atoms with Crippen molar-refractivity contribution in [2.45, 2.75) is 13.8 Å². The van der Waals surface area contributed by atoms with Crippen LogP contribution in [0.1, 0.15) is 23.9 Å². The Morgan fingerprint density at radius 1 is 1.48 bits per heavy atom. The molecule has 0 amide bonds. The lowest BCUT2D eigenvalue weighted by Gasteiger charge is -2.04. The van der Waals surface area contributed by atoms with Crippen molar-refractivity contribution in [3.05, 3.63) is 35.2 Å². The molecule has 7 nitrogen and oxygen atoms in total. The van der Waals surface area contributed by atoms with E-state index in [9.17, 15) is 4.21 Å². The van der Waals surface area contributed by atoms with Gasteiger partial charge in [-0.1, -0.05) is 13.0 Å². The Labute approximate surface area is 123 Å². The van der Waals surface area contributed by atoms with Crippen molar-refractivity contribution in [3.8, 4) is 0 Å². The molecule has 0 bridgehead atoms.